The minimum absolute atomic E-state index is 0.0696. The summed E-state index contributed by atoms with van der Waals surface area (Å²) in [6.45, 7) is 0. The zero-order chi connectivity index (χ0) is 13.8. The summed E-state index contributed by atoms with van der Waals surface area (Å²) >= 11 is 0. The van der Waals surface area contributed by atoms with Crippen LogP contribution in [0.2, 0.25) is 0 Å². The van der Waals surface area contributed by atoms with E-state index in [4.69, 9.17) is 5.53 Å². The highest BCUT2D eigenvalue weighted by molar-refractivity contribution is 5.29. The lowest BCUT2D eigenvalue weighted by Gasteiger charge is -1.98. The van der Waals surface area contributed by atoms with Crippen LogP contribution in [0.25, 0.3) is 21.8 Å². The summed E-state index contributed by atoms with van der Waals surface area (Å²) < 4.78 is 0. The number of benzene rings is 2. The number of azide groups is 1. The van der Waals surface area contributed by atoms with Crippen LogP contribution in [-0.4, -0.2) is 15.0 Å². The normalized spacial score (nSPS) is 10.0. The predicted octanol–water partition coefficient (Wildman–Crippen LogP) is 2.49. The number of hydrogen-bond acceptors (Lipinski definition) is 3. The zero-order valence-corrected chi connectivity index (χ0v) is 10.4. The molecule has 0 aliphatic heterocycles. The second-order valence-corrected chi connectivity index (χ2v) is 3.94. The highest BCUT2D eigenvalue weighted by Gasteiger charge is 2.20. The Labute approximate surface area is 114 Å². The van der Waals surface area contributed by atoms with Crippen LogP contribution in [-0.2, 0) is 0 Å². The smallest absolute Gasteiger partial charge is 0.0621 e. The van der Waals surface area contributed by atoms with E-state index in [1.165, 1.54) is 0 Å². The molecule has 0 aliphatic rings. The van der Waals surface area contributed by atoms with Gasteiger partial charge in [-0.05, 0) is 39.7 Å². The first kappa shape index (κ1) is 11.9. The van der Waals surface area contributed by atoms with Crippen LogP contribution in [0.4, 0.5) is 5.95 Å². The van der Waals surface area contributed by atoms with Crippen LogP contribution < -0.4 is 4.80 Å². The highest BCUT2D eigenvalue weighted by atomic mass is 15.7. The summed E-state index contributed by atoms with van der Waals surface area (Å²) in [4.78, 5) is 5.89. The number of para-hydroxylation sites is 2. The molecule has 0 bridgehead atoms. The van der Waals surface area contributed by atoms with E-state index in [9.17, 15) is 0 Å². The van der Waals surface area contributed by atoms with Crippen molar-refractivity contribution in [1.82, 2.24) is 15.0 Å². The quantitative estimate of drug-likeness (QED) is 0.315. The summed E-state index contributed by atoms with van der Waals surface area (Å²) in [5, 5.41) is 11.8. The van der Waals surface area contributed by atoms with E-state index in [1.54, 1.807) is 9.59 Å². The molecular formula is C13H10N7+. The fraction of sp³-hybridized carbons (Fsp3) is 0. The van der Waals surface area contributed by atoms with Gasteiger partial charge in [-0.25, -0.2) is 0 Å². The Morgan fingerprint density at radius 1 is 1.00 bits per heavy atom. The Hall–Kier alpha value is -3.18. The largest absolute Gasteiger partial charge is 0.396 e. The van der Waals surface area contributed by atoms with Gasteiger partial charge in [0.05, 0.1) is 5.10 Å². The van der Waals surface area contributed by atoms with Crippen LogP contribution in [0.3, 0.4) is 0 Å². The van der Waals surface area contributed by atoms with E-state index in [-0.39, 0.29) is 5.95 Å². The van der Waals surface area contributed by atoms with E-state index >= 15 is 0 Å². The van der Waals surface area contributed by atoms with Crippen molar-refractivity contribution in [3.8, 4) is 11.4 Å². The van der Waals surface area contributed by atoms with E-state index in [0.717, 1.165) is 11.4 Å². The summed E-state index contributed by atoms with van der Waals surface area (Å²) in [7, 11) is 0. The molecule has 0 N–H and O–H groups in total. The third-order valence-electron chi connectivity index (χ3n) is 2.66. The van der Waals surface area contributed by atoms with Gasteiger partial charge < -0.3 is 0 Å². The van der Waals surface area contributed by atoms with Crippen molar-refractivity contribution in [3.05, 3.63) is 71.1 Å². The highest BCUT2D eigenvalue weighted by Crippen LogP contribution is 2.08. The molecule has 0 aliphatic carbocycles. The molecule has 0 spiro atoms. The third kappa shape index (κ3) is 2.21. The van der Waals surface area contributed by atoms with Crippen molar-refractivity contribution in [2.45, 2.75) is 0 Å². The third-order valence-corrected chi connectivity index (χ3v) is 2.66. The Kier molecular flexibility index (Phi) is 3.10. The topological polar surface area (TPSA) is 83.4 Å². The summed E-state index contributed by atoms with van der Waals surface area (Å²) in [5.74, 6) is 0.0696. The van der Waals surface area contributed by atoms with Gasteiger partial charge in [0.1, 0.15) is 5.69 Å². The first-order valence-electron chi connectivity index (χ1n) is 5.94. The molecule has 0 unspecified atom stereocenters. The fourth-order valence-corrected chi connectivity index (χ4v) is 1.81. The minimum atomic E-state index is 0.0696. The van der Waals surface area contributed by atoms with Crippen molar-refractivity contribution in [1.29, 1.82) is 0 Å². The standard InChI is InChI=1S/C13H10N7/c14-18-15-13-16-19(11-7-3-1-4-8-11)20(17-13)12-9-5-2-6-10-12/h1-10H/q+1. The number of rotatable bonds is 3. The molecule has 1 heterocycles. The van der Waals surface area contributed by atoms with Crippen molar-refractivity contribution < 1.29 is 4.80 Å². The summed E-state index contributed by atoms with van der Waals surface area (Å²) in [6, 6.07) is 19.0. The fourth-order valence-electron chi connectivity index (χ4n) is 1.81. The van der Waals surface area contributed by atoms with Crippen LogP contribution in [0.1, 0.15) is 0 Å². The molecule has 20 heavy (non-hydrogen) atoms. The van der Waals surface area contributed by atoms with Crippen LogP contribution in [0.5, 0.6) is 0 Å². The molecule has 0 radical (unpaired) electrons. The molecule has 0 fully saturated rings. The molecule has 3 aromatic rings. The molecule has 1 aromatic heterocycles. The predicted molar refractivity (Wildman–Crippen MR) is 71.7 cm³/mol. The average Bonchev–Trinajstić information content (AvgIpc) is 2.93. The van der Waals surface area contributed by atoms with Crippen LogP contribution in [0, 0.1) is 0 Å². The molecule has 0 atom stereocenters. The summed E-state index contributed by atoms with van der Waals surface area (Å²) in [6.07, 6.45) is 0. The second-order valence-electron chi connectivity index (χ2n) is 3.94. The van der Waals surface area contributed by atoms with Gasteiger partial charge in [0.25, 0.3) is 0 Å². The molecule has 0 saturated carbocycles. The molecular weight excluding hydrogens is 254 g/mol. The average molecular weight is 264 g/mol. The number of hydrogen-bond donors (Lipinski definition) is 0. The van der Waals surface area contributed by atoms with Gasteiger partial charge in [0.2, 0.25) is 0 Å². The van der Waals surface area contributed by atoms with Gasteiger partial charge in [-0.3, -0.25) is 0 Å². The van der Waals surface area contributed by atoms with E-state index in [1.807, 2.05) is 60.7 Å². The SMILES string of the molecule is [N-]=[N+]=Nc1nn(-c2ccccc2)[n+](-c2ccccc2)n1. The molecule has 7 nitrogen and oxygen atoms in total. The van der Waals surface area contributed by atoms with Crippen LogP contribution >= 0.6 is 0 Å². The van der Waals surface area contributed by atoms with Crippen molar-refractivity contribution >= 4 is 5.95 Å². The molecule has 2 aromatic carbocycles. The Bertz CT molecular complexity index is 701. The number of tetrazole rings is 1. The van der Waals surface area contributed by atoms with Gasteiger partial charge in [-0.1, -0.05) is 36.4 Å². The maximum Gasteiger partial charge on any atom is 0.396 e. The lowest BCUT2D eigenvalue weighted by molar-refractivity contribution is -0.734. The van der Waals surface area contributed by atoms with Crippen molar-refractivity contribution in [2.75, 3.05) is 0 Å². The lowest BCUT2D eigenvalue weighted by Crippen LogP contribution is -2.43. The minimum Gasteiger partial charge on any atom is -0.0621 e. The second kappa shape index (κ2) is 5.21. The van der Waals surface area contributed by atoms with E-state index in [0.29, 0.717) is 0 Å². The monoisotopic (exact) mass is 264 g/mol. The molecule has 0 amide bonds. The van der Waals surface area contributed by atoms with Crippen LogP contribution in [0.15, 0.2) is 65.8 Å². The van der Waals surface area contributed by atoms with Gasteiger partial charge in [-0.15, -0.1) is 0 Å². The maximum atomic E-state index is 8.52. The lowest BCUT2D eigenvalue weighted by atomic mass is 10.3. The molecule has 3 rings (SSSR count). The van der Waals surface area contributed by atoms with E-state index < -0.39 is 0 Å². The first-order valence-corrected chi connectivity index (χ1v) is 5.94. The van der Waals surface area contributed by atoms with E-state index in [2.05, 4.69) is 20.2 Å². The first-order chi connectivity index (χ1) is 9.88. The number of nitrogens with zero attached hydrogens (tertiary/aromatic N) is 7. The van der Waals surface area contributed by atoms with Gasteiger partial charge in [-0.2, -0.15) is 0 Å². The Morgan fingerprint density at radius 3 is 2.30 bits per heavy atom. The zero-order valence-electron chi connectivity index (χ0n) is 10.4. The maximum absolute atomic E-state index is 8.52. The Balaban J connectivity index is 2.20. The van der Waals surface area contributed by atoms with Gasteiger partial charge in [0.15, 0.2) is 5.69 Å². The number of aromatic nitrogens is 4. The van der Waals surface area contributed by atoms with Crippen molar-refractivity contribution in [3.63, 3.8) is 0 Å². The summed E-state index contributed by atoms with van der Waals surface area (Å²) in [5.41, 5.74) is 10.2. The van der Waals surface area contributed by atoms with Gasteiger partial charge in [0, 0.05) is 14.8 Å². The van der Waals surface area contributed by atoms with Gasteiger partial charge >= 0.3 is 5.95 Å². The molecule has 0 saturated heterocycles. The molecule has 7 heteroatoms. The Morgan fingerprint density at radius 2 is 1.65 bits per heavy atom. The molecule has 96 valence electrons. The van der Waals surface area contributed by atoms with Crippen molar-refractivity contribution in [2.24, 2.45) is 5.11 Å².